The van der Waals surface area contributed by atoms with Crippen LogP contribution in [-0.2, 0) is 9.47 Å². The number of ether oxygens (including phenoxy) is 2. The largest absolute Gasteiger partial charge is 0.377 e. The van der Waals surface area contributed by atoms with Crippen molar-refractivity contribution in [2.45, 2.75) is 45.4 Å². The molecule has 4 nitrogen and oxygen atoms in total. The lowest BCUT2D eigenvalue weighted by atomic mass is 10.3. The number of hydrogen-bond donors (Lipinski definition) is 2. The van der Waals surface area contributed by atoms with E-state index < -0.39 is 0 Å². The summed E-state index contributed by atoms with van der Waals surface area (Å²) in [5.41, 5.74) is 11.2. The Morgan fingerprint density at radius 3 is 2.21 bits per heavy atom. The van der Waals surface area contributed by atoms with E-state index in [1.54, 1.807) is 0 Å². The fraction of sp³-hybridized carbons (Fsp3) is 1.00. The first kappa shape index (κ1) is 13.8. The molecule has 0 heterocycles. The number of rotatable bonds is 8. The van der Waals surface area contributed by atoms with Crippen molar-refractivity contribution >= 4 is 0 Å². The van der Waals surface area contributed by atoms with Gasteiger partial charge in [-0.15, -0.1) is 0 Å². The van der Waals surface area contributed by atoms with Crippen LogP contribution in [0.2, 0.25) is 0 Å². The SMILES string of the molecule is CCC(N)COCC(C)OCC(C)N. The van der Waals surface area contributed by atoms with Crippen molar-refractivity contribution in [3.05, 3.63) is 0 Å². The first-order valence-corrected chi connectivity index (χ1v) is 5.26. The Morgan fingerprint density at radius 1 is 1.07 bits per heavy atom. The highest BCUT2D eigenvalue weighted by Gasteiger charge is 2.05. The van der Waals surface area contributed by atoms with Gasteiger partial charge in [0.1, 0.15) is 0 Å². The molecule has 4 N–H and O–H groups in total. The van der Waals surface area contributed by atoms with Crippen LogP contribution >= 0.6 is 0 Å². The van der Waals surface area contributed by atoms with Gasteiger partial charge in [0.2, 0.25) is 0 Å². The van der Waals surface area contributed by atoms with Crippen molar-refractivity contribution in [3.63, 3.8) is 0 Å². The predicted molar refractivity (Wildman–Crippen MR) is 58.1 cm³/mol. The second kappa shape index (κ2) is 8.17. The van der Waals surface area contributed by atoms with E-state index in [1.807, 2.05) is 20.8 Å². The predicted octanol–water partition coefficient (Wildman–Crippen LogP) is 0.493. The molecule has 0 aliphatic carbocycles. The minimum atomic E-state index is 0.0790. The molecule has 86 valence electrons. The van der Waals surface area contributed by atoms with Crippen molar-refractivity contribution in [2.75, 3.05) is 19.8 Å². The van der Waals surface area contributed by atoms with Crippen molar-refractivity contribution in [1.29, 1.82) is 0 Å². The molecule has 0 aromatic carbocycles. The van der Waals surface area contributed by atoms with Gasteiger partial charge in [0, 0.05) is 12.1 Å². The highest BCUT2D eigenvalue weighted by molar-refractivity contribution is 4.57. The third-order valence-electron chi connectivity index (χ3n) is 1.85. The first-order chi connectivity index (χ1) is 6.56. The van der Waals surface area contributed by atoms with Gasteiger partial charge in [-0.2, -0.15) is 0 Å². The van der Waals surface area contributed by atoms with Crippen molar-refractivity contribution < 1.29 is 9.47 Å². The molecular weight excluding hydrogens is 180 g/mol. The molecule has 0 saturated carbocycles. The van der Waals surface area contributed by atoms with E-state index in [0.717, 1.165) is 6.42 Å². The second-order valence-electron chi connectivity index (χ2n) is 3.83. The molecule has 0 radical (unpaired) electrons. The third-order valence-corrected chi connectivity index (χ3v) is 1.85. The number of nitrogens with two attached hydrogens (primary N) is 2. The average molecular weight is 204 g/mol. The third kappa shape index (κ3) is 8.44. The van der Waals surface area contributed by atoms with Gasteiger partial charge >= 0.3 is 0 Å². The maximum Gasteiger partial charge on any atom is 0.0781 e. The van der Waals surface area contributed by atoms with E-state index in [9.17, 15) is 0 Å². The summed E-state index contributed by atoms with van der Waals surface area (Å²) in [5.74, 6) is 0. The minimum absolute atomic E-state index is 0.0790. The molecule has 3 unspecified atom stereocenters. The van der Waals surface area contributed by atoms with Crippen LogP contribution in [0.1, 0.15) is 27.2 Å². The summed E-state index contributed by atoms with van der Waals surface area (Å²) in [4.78, 5) is 0. The summed E-state index contributed by atoms with van der Waals surface area (Å²) in [7, 11) is 0. The normalized spacial score (nSPS) is 17.8. The van der Waals surface area contributed by atoms with Crippen LogP contribution in [0.4, 0.5) is 0 Å². The molecule has 0 aliphatic rings. The molecule has 0 aromatic rings. The van der Waals surface area contributed by atoms with Gasteiger partial charge in [-0.05, 0) is 20.3 Å². The Labute approximate surface area is 86.9 Å². The summed E-state index contributed by atoms with van der Waals surface area (Å²) in [5, 5.41) is 0. The van der Waals surface area contributed by atoms with Gasteiger partial charge in [-0.25, -0.2) is 0 Å². The van der Waals surface area contributed by atoms with Crippen molar-refractivity contribution in [3.8, 4) is 0 Å². The van der Waals surface area contributed by atoms with Crippen LogP contribution in [-0.4, -0.2) is 38.0 Å². The highest BCUT2D eigenvalue weighted by Crippen LogP contribution is 1.95. The zero-order chi connectivity index (χ0) is 11.0. The van der Waals surface area contributed by atoms with Gasteiger partial charge in [0.15, 0.2) is 0 Å². The summed E-state index contributed by atoms with van der Waals surface area (Å²) in [6.07, 6.45) is 1.03. The molecule has 0 amide bonds. The van der Waals surface area contributed by atoms with Crippen LogP contribution in [0.25, 0.3) is 0 Å². The van der Waals surface area contributed by atoms with Gasteiger partial charge < -0.3 is 20.9 Å². The summed E-state index contributed by atoms with van der Waals surface area (Å²) >= 11 is 0. The standard InChI is InChI=1S/C10H24N2O2/c1-4-10(12)7-13-6-9(3)14-5-8(2)11/h8-10H,4-7,11-12H2,1-3H3. The van der Waals surface area contributed by atoms with Gasteiger partial charge in [0.05, 0.1) is 25.9 Å². The van der Waals surface area contributed by atoms with Crippen LogP contribution in [0.5, 0.6) is 0 Å². The Balaban J connectivity index is 3.30. The van der Waals surface area contributed by atoms with Crippen LogP contribution in [0.3, 0.4) is 0 Å². The summed E-state index contributed by atoms with van der Waals surface area (Å²) in [6.45, 7) is 7.69. The van der Waals surface area contributed by atoms with E-state index in [0.29, 0.717) is 19.8 Å². The Kier molecular flexibility index (Phi) is 8.08. The lowest BCUT2D eigenvalue weighted by molar-refractivity contribution is -0.0130. The fourth-order valence-corrected chi connectivity index (χ4v) is 0.867. The fourth-order valence-electron chi connectivity index (χ4n) is 0.867. The van der Waals surface area contributed by atoms with Gasteiger partial charge in [-0.3, -0.25) is 0 Å². The average Bonchev–Trinajstić information content (AvgIpc) is 2.14. The second-order valence-corrected chi connectivity index (χ2v) is 3.83. The van der Waals surface area contributed by atoms with Crippen LogP contribution in [0, 0.1) is 0 Å². The van der Waals surface area contributed by atoms with E-state index >= 15 is 0 Å². The van der Waals surface area contributed by atoms with Gasteiger partial charge in [0.25, 0.3) is 0 Å². The number of hydrogen-bond acceptors (Lipinski definition) is 4. The molecule has 0 rings (SSSR count). The van der Waals surface area contributed by atoms with Crippen molar-refractivity contribution in [1.82, 2.24) is 0 Å². The smallest absolute Gasteiger partial charge is 0.0781 e. The summed E-state index contributed by atoms with van der Waals surface area (Å²) in [6, 6.07) is 0.214. The van der Waals surface area contributed by atoms with E-state index in [4.69, 9.17) is 20.9 Å². The topological polar surface area (TPSA) is 70.5 Å². The lowest BCUT2D eigenvalue weighted by Gasteiger charge is -2.16. The molecular formula is C10H24N2O2. The molecule has 0 aliphatic heterocycles. The lowest BCUT2D eigenvalue weighted by Crippen LogP contribution is -2.30. The van der Waals surface area contributed by atoms with Crippen LogP contribution < -0.4 is 11.5 Å². The Bertz CT molecular complexity index is 131. The first-order valence-electron chi connectivity index (χ1n) is 5.26. The molecule has 0 aromatic heterocycles. The van der Waals surface area contributed by atoms with Crippen LogP contribution in [0.15, 0.2) is 0 Å². The Hall–Kier alpha value is -0.160. The minimum Gasteiger partial charge on any atom is -0.377 e. The monoisotopic (exact) mass is 204 g/mol. The van der Waals surface area contributed by atoms with E-state index in [1.165, 1.54) is 0 Å². The van der Waals surface area contributed by atoms with E-state index in [2.05, 4.69) is 0 Å². The zero-order valence-electron chi connectivity index (χ0n) is 9.53. The van der Waals surface area contributed by atoms with Crippen molar-refractivity contribution in [2.24, 2.45) is 11.5 Å². The maximum atomic E-state index is 5.70. The quantitative estimate of drug-likeness (QED) is 0.604. The molecule has 0 spiro atoms. The van der Waals surface area contributed by atoms with E-state index in [-0.39, 0.29) is 18.2 Å². The Morgan fingerprint density at radius 2 is 1.71 bits per heavy atom. The molecule has 0 bridgehead atoms. The maximum absolute atomic E-state index is 5.70. The highest BCUT2D eigenvalue weighted by atomic mass is 16.5. The molecule has 14 heavy (non-hydrogen) atoms. The molecule has 3 atom stereocenters. The molecule has 0 fully saturated rings. The zero-order valence-corrected chi connectivity index (χ0v) is 9.53. The molecule has 4 heteroatoms. The summed E-state index contributed by atoms with van der Waals surface area (Å²) < 4.78 is 10.8. The van der Waals surface area contributed by atoms with Gasteiger partial charge in [-0.1, -0.05) is 6.92 Å². The molecule has 0 saturated heterocycles.